The first-order valence-electron chi connectivity index (χ1n) is 16.2. The highest BCUT2D eigenvalue weighted by Crippen LogP contribution is 2.40. The highest BCUT2D eigenvalue weighted by atomic mass is 32.1. The Labute approximate surface area is 281 Å². The van der Waals surface area contributed by atoms with Crippen LogP contribution in [0.25, 0.3) is 92.1 Å². The van der Waals surface area contributed by atoms with E-state index in [0.29, 0.717) is 0 Å². The van der Waals surface area contributed by atoms with Crippen LogP contribution in [0.15, 0.2) is 164 Å². The van der Waals surface area contributed by atoms with Crippen LogP contribution >= 0.6 is 11.3 Å². The Morgan fingerprint density at radius 1 is 0.396 bits per heavy atom. The summed E-state index contributed by atoms with van der Waals surface area (Å²) in [5.41, 5.74) is 9.09. The van der Waals surface area contributed by atoms with E-state index >= 15 is 0 Å². The summed E-state index contributed by atoms with van der Waals surface area (Å²) in [6.45, 7) is 0. The summed E-state index contributed by atoms with van der Waals surface area (Å²) in [6.07, 6.45) is 2.20. The van der Waals surface area contributed by atoms with Gasteiger partial charge in [0.2, 0.25) is 0 Å². The number of rotatable bonds is 4. The molecule has 0 aliphatic carbocycles. The zero-order chi connectivity index (χ0) is 31.6. The van der Waals surface area contributed by atoms with E-state index in [0.717, 1.165) is 38.9 Å². The monoisotopic (exact) mass is 629 g/mol. The van der Waals surface area contributed by atoms with Crippen molar-refractivity contribution in [2.75, 3.05) is 0 Å². The van der Waals surface area contributed by atoms with Gasteiger partial charge in [-0.2, -0.15) is 0 Å². The molecular formula is C44H27N3S. The second-order valence-electron chi connectivity index (χ2n) is 12.3. The molecule has 48 heavy (non-hydrogen) atoms. The summed E-state index contributed by atoms with van der Waals surface area (Å²) < 4.78 is 4.79. The van der Waals surface area contributed by atoms with Gasteiger partial charge in [-0.1, -0.05) is 152 Å². The molecule has 0 amide bonds. The molecule has 10 aromatic rings. The predicted octanol–water partition coefficient (Wildman–Crippen LogP) is 12.1. The van der Waals surface area contributed by atoms with Gasteiger partial charge in [0.05, 0.1) is 0 Å². The Bertz CT molecular complexity index is 2820. The largest absolute Gasteiger partial charge is 0.281 e. The molecule has 10 rings (SSSR count). The maximum Gasteiger partial charge on any atom is 0.169 e. The second kappa shape index (κ2) is 10.7. The van der Waals surface area contributed by atoms with Crippen LogP contribution in [0.1, 0.15) is 0 Å². The minimum Gasteiger partial charge on any atom is -0.281 e. The molecule has 3 heterocycles. The van der Waals surface area contributed by atoms with Gasteiger partial charge in [0.1, 0.15) is 0 Å². The first-order valence-corrected chi connectivity index (χ1v) is 17.0. The number of hydrogen-bond donors (Lipinski definition) is 0. The summed E-state index contributed by atoms with van der Waals surface area (Å²) in [6, 6.07) is 56.6. The lowest BCUT2D eigenvalue weighted by molar-refractivity contribution is 1.11. The van der Waals surface area contributed by atoms with Gasteiger partial charge < -0.3 is 0 Å². The molecule has 4 heteroatoms. The van der Waals surface area contributed by atoms with Crippen LogP contribution in [0.4, 0.5) is 0 Å². The first kappa shape index (κ1) is 27.1. The molecular weight excluding hydrogens is 603 g/mol. The lowest BCUT2D eigenvalue weighted by atomic mass is 9.95. The first-order chi connectivity index (χ1) is 23.8. The van der Waals surface area contributed by atoms with Crippen molar-refractivity contribution >= 4 is 58.7 Å². The smallest absolute Gasteiger partial charge is 0.169 e. The molecule has 0 saturated heterocycles. The molecule has 3 aromatic heterocycles. The molecule has 0 spiro atoms. The van der Waals surface area contributed by atoms with E-state index in [4.69, 9.17) is 10.2 Å². The van der Waals surface area contributed by atoms with Crippen molar-refractivity contribution in [3.05, 3.63) is 164 Å². The second-order valence-corrected chi connectivity index (χ2v) is 13.3. The molecule has 0 atom stereocenters. The summed E-state index contributed by atoms with van der Waals surface area (Å²) in [7, 11) is 0. The minimum absolute atomic E-state index is 0.830. The Morgan fingerprint density at radius 2 is 0.958 bits per heavy atom. The summed E-state index contributed by atoms with van der Waals surface area (Å²) >= 11 is 1.86. The molecule has 7 aromatic carbocycles. The number of benzene rings is 7. The fourth-order valence-electron chi connectivity index (χ4n) is 7.22. The Hall–Kier alpha value is -6.10. The Morgan fingerprint density at radius 3 is 1.77 bits per heavy atom. The van der Waals surface area contributed by atoms with Crippen LogP contribution in [0.5, 0.6) is 0 Å². The third-order valence-corrected chi connectivity index (χ3v) is 10.8. The van der Waals surface area contributed by atoms with Crippen LogP contribution in [-0.2, 0) is 0 Å². The molecule has 0 aliphatic rings. The van der Waals surface area contributed by atoms with Crippen molar-refractivity contribution in [3.8, 4) is 44.8 Å². The topological polar surface area (TPSA) is 30.2 Å². The molecule has 0 N–H and O–H groups in total. The van der Waals surface area contributed by atoms with E-state index in [2.05, 4.69) is 168 Å². The van der Waals surface area contributed by atoms with E-state index in [9.17, 15) is 0 Å². The normalized spacial score (nSPS) is 11.8. The van der Waals surface area contributed by atoms with E-state index in [1.165, 1.54) is 53.2 Å². The number of aromatic nitrogens is 3. The fourth-order valence-corrected chi connectivity index (χ4v) is 8.45. The van der Waals surface area contributed by atoms with Crippen molar-refractivity contribution in [2.24, 2.45) is 0 Å². The van der Waals surface area contributed by atoms with E-state index in [-0.39, 0.29) is 0 Å². The van der Waals surface area contributed by atoms with E-state index < -0.39 is 0 Å². The van der Waals surface area contributed by atoms with Crippen molar-refractivity contribution in [3.63, 3.8) is 0 Å². The van der Waals surface area contributed by atoms with Crippen LogP contribution in [0.2, 0.25) is 0 Å². The summed E-state index contributed by atoms with van der Waals surface area (Å²) in [4.78, 5) is 0. The zero-order valence-electron chi connectivity index (χ0n) is 25.8. The number of thiophene rings is 1. The lowest BCUT2D eigenvalue weighted by Gasteiger charge is -2.12. The highest BCUT2D eigenvalue weighted by Gasteiger charge is 2.16. The van der Waals surface area contributed by atoms with Gasteiger partial charge in [-0.25, -0.2) is 0 Å². The van der Waals surface area contributed by atoms with Gasteiger partial charge in [-0.15, -0.1) is 21.5 Å². The van der Waals surface area contributed by atoms with Gasteiger partial charge in [0, 0.05) is 42.9 Å². The van der Waals surface area contributed by atoms with Crippen LogP contribution < -0.4 is 0 Å². The van der Waals surface area contributed by atoms with Crippen LogP contribution in [0.3, 0.4) is 0 Å². The highest BCUT2D eigenvalue weighted by molar-refractivity contribution is 7.26. The molecule has 0 radical (unpaired) electrons. The molecule has 0 unspecified atom stereocenters. The van der Waals surface area contributed by atoms with Crippen molar-refractivity contribution in [2.45, 2.75) is 0 Å². The molecule has 224 valence electrons. The third-order valence-electron chi connectivity index (χ3n) is 9.57. The number of fused-ring (bicyclic) bond motifs is 7. The zero-order valence-corrected chi connectivity index (χ0v) is 26.7. The van der Waals surface area contributed by atoms with Gasteiger partial charge in [0.15, 0.2) is 11.5 Å². The van der Waals surface area contributed by atoms with E-state index in [1.54, 1.807) is 0 Å². The SMILES string of the molecule is c1ccc2c(-c3ccc(-c4cn5c(-c6ccc(-c7cccc8c7sc7ccccc78)cc6)nnc5c5ccccc45)cc3)cccc2c1. The van der Waals surface area contributed by atoms with Gasteiger partial charge in [-0.3, -0.25) is 4.40 Å². The van der Waals surface area contributed by atoms with Crippen LogP contribution in [-0.4, -0.2) is 14.6 Å². The Balaban J connectivity index is 1.07. The van der Waals surface area contributed by atoms with Gasteiger partial charge in [0.25, 0.3) is 0 Å². The third kappa shape index (κ3) is 4.20. The van der Waals surface area contributed by atoms with Gasteiger partial charge >= 0.3 is 0 Å². The number of hydrogen-bond acceptors (Lipinski definition) is 3. The fraction of sp³-hybridized carbons (Fsp3) is 0. The lowest BCUT2D eigenvalue weighted by Crippen LogP contribution is -1.94. The summed E-state index contributed by atoms with van der Waals surface area (Å²) in [5, 5.41) is 16.8. The molecule has 0 fully saturated rings. The quantitative estimate of drug-likeness (QED) is 0.194. The van der Waals surface area contributed by atoms with Crippen molar-refractivity contribution in [1.29, 1.82) is 0 Å². The standard InChI is InChI=1S/C44H27N3S/c1-2-11-33-28(9-1)10-7-15-34(33)29-19-21-31(22-20-29)40-27-47-43(45-46-44(47)39-14-4-3-12-36(39)40)32-25-23-30(24-26-32)35-16-8-17-38-37-13-5-6-18-41(37)48-42(35)38/h1-27H. The average molecular weight is 630 g/mol. The predicted molar refractivity (Wildman–Crippen MR) is 203 cm³/mol. The molecule has 0 bridgehead atoms. The average Bonchev–Trinajstić information content (AvgIpc) is 3.77. The maximum atomic E-state index is 4.73. The molecule has 3 nitrogen and oxygen atoms in total. The maximum absolute atomic E-state index is 4.73. The number of nitrogens with zero attached hydrogens (tertiary/aromatic N) is 3. The van der Waals surface area contributed by atoms with Crippen LogP contribution in [0, 0.1) is 0 Å². The molecule has 0 aliphatic heterocycles. The van der Waals surface area contributed by atoms with Crippen molar-refractivity contribution in [1.82, 2.24) is 14.6 Å². The number of pyridine rings is 1. The minimum atomic E-state index is 0.830. The summed E-state index contributed by atoms with van der Waals surface area (Å²) in [5.74, 6) is 0.830. The van der Waals surface area contributed by atoms with Gasteiger partial charge in [-0.05, 0) is 50.0 Å². The molecule has 0 saturated carbocycles. The van der Waals surface area contributed by atoms with E-state index in [1.807, 2.05) is 11.3 Å². The van der Waals surface area contributed by atoms with Crippen molar-refractivity contribution < 1.29 is 0 Å². The Kier molecular flexibility index (Phi) is 6.05.